The molecule has 1 atom stereocenters. The number of nitrogens with one attached hydrogen (secondary N) is 1. The number of carbonyl (C=O) groups excluding carboxylic acids is 1. The van der Waals surface area contributed by atoms with Crippen molar-refractivity contribution < 1.29 is 4.79 Å². The fourth-order valence-corrected chi connectivity index (χ4v) is 1.97. The number of hydrazone groups is 1. The normalized spacial score (nSPS) is 29.8. The molecule has 2 aliphatic rings. The first kappa shape index (κ1) is 7.77. The van der Waals surface area contributed by atoms with Gasteiger partial charge in [-0.05, 0) is 19.3 Å². The van der Waals surface area contributed by atoms with Crippen LogP contribution in [-0.2, 0) is 4.79 Å². The summed E-state index contributed by atoms with van der Waals surface area (Å²) in [7, 11) is 0. The standard InChI is InChI=1S/C9H14N2O/c12-9-7-5-3-1-2-4-6-8(7)10-11-9/h7H,1-6H2,(H,11,12). The minimum Gasteiger partial charge on any atom is -0.272 e. The van der Waals surface area contributed by atoms with Crippen molar-refractivity contribution in [1.82, 2.24) is 5.43 Å². The highest BCUT2D eigenvalue weighted by Crippen LogP contribution is 2.23. The number of carbonyl (C=O) groups is 1. The number of fused-ring (bicyclic) bond motifs is 1. The van der Waals surface area contributed by atoms with Crippen molar-refractivity contribution in [1.29, 1.82) is 0 Å². The van der Waals surface area contributed by atoms with E-state index in [9.17, 15) is 4.79 Å². The predicted molar refractivity (Wildman–Crippen MR) is 46.8 cm³/mol. The van der Waals surface area contributed by atoms with E-state index in [-0.39, 0.29) is 11.8 Å². The van der Waals surface area contributed by atoms with Gasteiger partial charge < -0.3 is 0 Å². The van der Waals surface area contributed by atoms with Gasteiger partial charge in [-0.2, -0.15) is 5.10 Å². The van der Waals surface area contributed by atoms with Crippen molar-refractivity contribution in [2.45, 2.75) is 38.5 Å². The Morgan fingerprint density at radius 2 is 2.08 bits per heavy atom. The van der Waals surface area contributed by atoms with E-state index in [4.69, 9.17) is 0 Å². The third-order valence-corrected chi connectivity index (χ3v) is 2.70. The maximum atomic E-state index is 11.2. The van der Waals surface area contributed by atoms with Crippen LogP contribution in [0.2, 0.25) is 0 Å². The fraction of sp³-hybridized carbons (Fsp3) is 0.778. The first-order chi connectivity index (χ1) is 5.88. The van der Waals surface area contributed by atoms with E-state index in [0.717, 1.165) is 18.6 Å². The number of nitrogens with zero attached hydrogens (tertiary/aromatic N) is 1. The van der Waals surface area contributed by atoms with Gasteiger partial charge in [0.1, 0.15) is 0 Å². The Balaban J connectivity index is 2.07. The van der Waals surface area contributed by atoms with Crippen molar-refractivity contribution >= 4 is 11.6 Å². The monoisotopic (exact) mass is 166 g/mol. The summed E-state index contributed by atoms with van der Waals surface area (Å²) in [6.07, 6.45) is 6.96. The van der Waals surface area contributed by atoms with Crippen molar-refractivity contribution in [3.05, 3.63) is 0 Å². The second kappa shape index (κ2) is 3.25. The quantitative estimate of drug-likeness (QED) is 0.581. The summed E-state index contributed by atoms with van der Waals surface area (Å²) in [5.74, 6) is 0.234. The Bertz CT molecular complexity index is 223. The molecular formula is C9H14N2O. The summed E-state index contributed by atoms with van der Waals surface area (Å²) in [5.41, 5.74) is 3.66. The molecular weight excluding hydrogens is 152 g/mol. The maximum absolute atomic E-state index is 11.2. The average molecular weight is 166 g/mol. The molecule has 0 bridgehead atoms. The van der Waals surface area contributed by atoms with Gasteiger partial charge in [-0.25, -0.2) is 5.43 Å². The van der Waals surface area contributed by atoms with Gasteiger partial charge >= 0.3 is 0 Å². The molecule has 0 aromatic heterocycles. The highest BCUT2D eigenvalue weighted by Gasteiger charge is 2.29. The lowest BCUT2D eigenvalue weighted by atomic mass is 9.90. The van der Waals surface area contributed by atoms with Gasteiger partial charge in [0.2, 0.25) is 5.91 Å². The van der Waals surface area contributed by atoms with Gasteiger partial charge in [-0.3, -0.25) is 4.79 Å². The van der Waals surface area contributed by atoms with E-state index in [1.807, 2.05) is 0 Å². The van der Waals surface area contributed by atoms with Gasteiger partial charge in [0, 0.05) is 0 Å². The third kappa shape index (κ3) is 1.36. The van der Waals surface area contributed by atoms with Gasteiger partial charge in [0.25, 0.3) is 0 Å². The van der Waals surface area contributed by atoms with Crippen LogP contribution >= 0.6 is 0 Å². The lowest BCUT2D eigenvalue weighted by Gasteiger charge is -2.13. The number of rotatable bonds is 0. The molecule has 1 fully saturated rings. The summed E-state index contributed by atoms with van der Waals surface area (Å²) in [4.78, 5) is 11.2. The second-order valence-electron chi connectivity index (χ2n) is 3.58. The largest absolute Gasteiger partial charge is 0.272 e. The van der Waals surface area contributed by atoms with Crippen LogP contribution in [0, 0.1) is 5.92 Å². The molecule has 0 saturated heterocycles. The van der Waals surface area contributed by atoms with Crippen LogP contribution in [0.15, 0.2) is 5.10 Å². The predicted octanol–water partition coefficient (Wildman–Crippen LogP) is 1.44. The van der Waals surface area contributed by atoms with E-state index >= 15 is 0 Å². The van der Waals surface area contributed by atoms with Crippen LogP contribution in [0.1, 0.15) is 38.5 Å². The van der Waals surface area contributed by atoms with Crippen LogP contribution in [0.25, 0.3) is 0 Å². The topological polar surface area (TPSA) is 41.5 Å². The van der Waals surface area contributed by atoms with E-state index < -0.39 is 0 Å². The molecule has 2 rings (SSSR count). The Morgan fingerprint density at radius 3 is 3.00 bits per heavy atom. The Labute approximate surface area is 72.2 Å². The van der Waals surface area contributed by atoms with Gasteiger partial charge in [0.15, 0.2) is 0 Å². The van der Waals surface area contributed by atoms with Gasteiger partial charge in [0.05, 0.1) is 11.6 Å². The molecule has 66 valence electrons. The Morgan fingerprint density at radius 1 is 1.25 bits per heavy atom. The molecule has 0 radical (unpaired) electrons. The molecule has 1 amide bonds. The third-order valence-electron chi connectivity index (χ3n) is 2.70. The van der Waals surface area contributed by atoms with Gasteiger partial charge in [-0.15, -0.1) is 0 Å². The highest BCUT2D eigenvalue weighted by atomic mass is 16.2. The summed E-state index contributed by atoms with van der Waals surface area (Å²) < 4.78 is 0. The minimum absolute atomic E-state index is 0.116. The first-order valence-electron chi connectivity index (χ1n) is 4.74. The van der Waals surface area contributed by atoms with E-state index in [0.29, 0.717) is 0 Å². The molecule has 1 saturated carbocycles. The molecule has 1 aliphatic heterocycles. The highest BCUT2D eigenvalue weighted by molar-refractivity contribution is 6.07. The lowest BCUT2D eigenvalue weighted by molar-refractivity contribution is -0.122. The number of amides is 1. The Hall–Kier alpha value is -0.860. The summed E-state index contributed by atoms with van der Waals surface area (Å²) in [6.45, 7) is 0. The lowest BCUT2D eigenvalue weighted by Crippen LogP contribution is -2.23. The fourth-order valence-electron chi connectivity index (χ4n) is 1.97. The summed E-state index contributed by atoms with van der Waals surface area (Å²) in [5, 5.41) is 4.06. The van der Waals surface area contributed by atoms with E-state index in [1.165, 1.54) is 25.7 Å². The summed E-state index contributed by atoms with van der Waals surface area (Å²) in [6, 6.07) is 0. The molecule has 3 heteroatoms. The zero-order chi connectivity index (χ0) is 8.39. The van der Waals surface area contributed by atoms with Crippen LogP contribution in [0.5, 0.6) is 0 Å². The maximum Gasteiger partial charge on any atom is 0.248 e. The van der Waals surface area contributed by atoms with Crippen molar-refractivity contribution in [2.75, 3.05) is 0 Å². The molecule has 1 aliphatic carbocycles. The van der Waals surface area contributed by atoms with Crippen molar-refractivity contribution in [3.8, 4) is 0 Å². The zero-order valence-electron chi connectivity index (χ0n) is 7.18. The number of hydrogen-bond donors (Lipinski definition) is 1. The smallest absolute Gasteiger partial charge is 0.248 e. The van der Waals surface area contributed by atoms with Crippen LogP contribution < -0.4 is 5.43 Å². The number of hydrogen-bond acceptors (Lipinski definition) is 2. The van der Waals surface area contributed by atoms with Crippen LogP contribution in [-0.4, -0.2) is 11.6 Å². The van der Waals surface area contributed by atoms with E-state index in [1.54, 1.807) is 0 Å². The molecule has 1 N–H and O–H groups in total. The molecule has 0 aromatic rings. The molecule has 0 spiro atoms. The second-order valence-corrected chi connectivity index (χ2v) is 3.58. The molecule has 1 heterocycles. The molecule has 3 nitrogen and oxygen atoms in total. The molecule has 1 unspecified atom stereocenters. The average Bonchev–Trinajstić information content (AvgIpc) is 2.31. The van der Waals surface area contributed by atoms with Crippen LogP contribution in [0.3, 0.4) is 0 Å². The minimum atomic E-state index is 0.116. The zero-order valence-corrected chi connectivity index (χ0v) is 7.18. The molecule has 0 aromatic carbocycles. The Kier molecular flexibility index (Phi) is 2.11. The summed E-state index contributed by atoms with van der Waals surface area (Å²) >= 11 is 0. The van der Waals surface area contributed by atoms with Crippen molar-refractivity contribution in [3.63, 3.8) is 0 Å². The first-order valence-corrected chi connectivity index (χ1v) is 4.74. The van der Waals surface area contributed by atoms with Gasteiger partial charge in [-0.1, -0.05) is 19.3 Å². The molecule has 12 heavy (non-hydrogen) atoms. The van der Waals surface area contributed by atoms with Crippen molar-refractivity contribution in [2.24, 2.45) is 11.0 Å². The van der Waals surface area contributed by atoms with E-state index in [2.05, 4.69) is 10.5 Å². The SMILES string of the molecule is O=C1NN=C2CCCCCCC12. The van der Waals surface area contributed by atoms with Crippen LogP contribution in [0.4, 0.5) is 0 Å².